The number of rotatable bonds is 1. The van der Waals surface area contributed by atoms with Crippen molar-refractivity contribution < 1.29 is 0 Å². The number of anilines is 1. The highest BCUT2D eigenvalue weighted by Crippen LogP contribution is 2.25. The molecule has 0 unspecified atom stereocenters. The second-order valence-electron chi connectivity index (χ2n) is 2.92. The summed E-state index contributed by atoms with van der Waals surface area (Å²) in [5.74, 6) is 0. The number of fused-ring (bicyclic) bond motifs is 1. The van der Waals surface area contributed by atoms with Crippen molar-refractivity contribution in [2.45, 2.75) is 0 Å². The highest BCUT2D eigenvalue weighted by Gasteiger charge is 1.99. The Morgan fingerprint density at radius 1 is 1.15 bits per heavy atom. The average molecular weight is 283 g/mol. The van der Waals surface area contributed by atoms with Crippen LogP contribution in [0.3, 0.4) is 0 Å². The molecule has 0 spiro atoms. The van der Waals surface area contributed by atoms with E-state index in [1.54, 1.807) is 0 Å². The van der Waals surface area contributed by atoms with Crippen molar-refractivity contribution in [1.29, 1.82) is 0 Å². The summed E-state index contributed by atoms with van der Waals surface area (Å²) in [4.78, 5) is 0. The van der Waals surface area contributed by atoms with Gasteiger partial charge in [0, 0.05) is 21.7 Å². The zero-order valence-corrected chi connectivity index (χ0v) is 9.50. The Morgan fingerprint density at radius 3 is 2.69 bits per heavy atom. The van der Waals surface area contributed by atoms with Gasteiger partial charge in [-0.2, -0.15) is 0 Å². The van der Waals surface area contributed by atoms with Crippen LogP contribution in [0.25, 0.3) is 10.8 Å². The molecule has 0 heterocycles. The lowest BCUT2D eigenvalue weighted by molar-refractivity contribution is 1.53. The molecular weight excluding hydrogens is 273 g/mol. The van der Waals surface area contributed by atoms with Crippen molar-refractivity contribution in [2.75, 3.05) is 12.4 Å². The van der Waals surface area contributed by atoms with Gasteiger partial charge in [0.1, 0.15) is 0 Å². The van der Waals surface area contributed by atoms with E-state index in [1.165, 1.54) is 20.0 Å². The molecule has 0 fully saturated rings. The van der Waals surface area contributed by atoms with Gasteiger partial charge in [-0.05, 0) is 40.1 Å². The molecule has 0 aliphatic rings. The lowest BCUT2D eigenvalue weighted by atomic mass is 10.1. The van der Waals surface area contributed by atoms with E-state index >= 15 is 0 Å². The van der Waals surface area contributed by atoms with Crippen LogP contribution < -0.4 is 5.32 Å². The van der Waals surface area contributed by atoms with Crippen LogP contribution in [-0.2, 0) is 0 Å². The van der Waals surface area contributed by atoms with Gasteiger partial charge < -0.3 is 5.32 Å². The summed E-state index contributed by atoms with van der Waals surface area (Å²) >= 11 is 2.34. The molecule has 2 aromatic carbocycles. The van der Waals surface area contributed by atoms with Crippen LogP contribution in [0.5, 0.6) is 0 Å². The molecule has 0 saturated heterocycles. The van der Waals surface area contributed by atoms with E-state index in [-0.39, 0.29) is 0 Å². The maximum atomic E-state index is 3.21. The molecule has 2 heteroatoms. The summed E-state index contributed by atoms with van der Waals surface area (Å²) in [6.07, 6.45) is 0. The summed E-state index contributed by atoms with van der Waals surface area (Å²) in [6.45, 7) is 0. The third-order valence-corrected chi connectivity index (χ3v) is 2.72. The fraction of sp³-hybridized carbons (Fsp3) is 0.0909. The van der Waals surface area contributed by atoms with E-state index in [1.807, 2.05) is 7.05 Å². The van der Waals surface area contributed by atoms with E-state index < -0.39 is 0 Å². The number of benzene rings is 2. The van der Waals surface area contributed by atoms with Crippen LogP contribution in [0.1, 0.15) is 0 Å². The number of nitrogens with one attached hydrogen (secondary N) is 1. The second kappa shape index (κ2) is 3.54. The quantitative estimate of drug-likeness (QED) is 0.790. The first-order valence-corrected chi connectivity index (χ1v) is 5.25. The summed E-state index contributed by atoms with van der Waals surface area (Å²) in [5.41, 5.74) is 1.20. The van der Waals surface area contributed by atoms with Gasteiger partial charge in [-0.25, -0.2) is 0 Å². The molecule has 0 aromatic heterocycles. The van der Waals surface area contributed by atoms with Crippen LogP contribution in [0, 0.1) is 3.57 Å². The highest BCUT2D eigenvalue weighted by atomic mass is 127. The van der Waals surface area contributed by atoms with E-state index in [4.69, 9.17) is 0 Å². The molecule has 13 heavy (non-hydrogen) atoms. The van der Waals surface area contributed by atoms with Gasteiger partial charge in [-0.1, -0.05) is 24.3 Å². The molecule has 2 aromatic rings. The van der Waals surface area contributed by atoms with Gasteiger partial charge in [0.05, 0.1) is 0 Å². The molecule has 1 nitrogen and oxygen atoms in total. The van der Waals surface area contributed by atoms with Crippen molar-refractivity contribution in [3.05, 3.63) is 40.0 Å². The second-order valence-corrected chi connectivity index (χ2v) is 4.17. The summed E-state index contributed by atoms with van der Waals surface area (Å²) < 4.78 is 1.26. The number of hydrogen-bond donors (Lipinski definition) is 1. The molecule has 0 bridgehead atoms. The molecule has 0 amide bonds. The zero-order chi connectivity index (χ0) is 9.26. The molecule has 0 atom stereocenters. The molecule has 0 aliphatic carbocycles. The first-order valence-electron chi connectivity index (χ1n) is 4.17. The Kier molecular flexibility index (Phi) is 2.40. The number of hydrogen-bond acceptors (Lipinski definition) is 1. The molecule has 2 rings (SSSR count). The molecule has 1 N–H and O–H groups in total. The minimum absolute atomic E-state index is 1.20. The third kappa shape index (κ3) is 1.63. The van der Waals surface area contributed by atoms with Gasteiger partial charge in [0.2, 0.25) is 0 Å². The largest absolute Gasteiger partial charge is 0.388 e. The average Bonchev–Trinajstić information content (AvgIpc) is 2.16. The minimum Gasteiger partial charge on any atom is -0.388 e. The Hall–Kier alpha value is -0.770. The summed E-state index contributed by atoms with van der Waals surface area (Å²) in [5, 5.41) is 5.78. The van der Waals surface area contributed by atoms with E-state index in [2.05, 4.69) is 64.3 Å². The predicted molar refractivity (Wildman–Crippen MR) is 66.2 cm³/mol. The maximum absolute atomic E-state index is 3.21. The Morgan fingerprint density at radius 2 is 1.92 bits per heavy atom. The van der Waals surface area contributed by atoms with Crippen LogP contribution in [0.15, 0.2) is 36.4 Å². The SMILES string of the molecule is CNc1cc(I)cc2ccccc12. The van der Waals surface area contributed by atoms with Gasteiger partial charge in [-0.3, -0.25) is 0 Å². The fourth-order valence-corrected chi connectivity index (χ4v) is 2.13. The van der Waals surface area contributed by atoms with Gasteiger partial charge in [0.25, 0.3) is 0 Å². The summed E-state index contributed by atoms with van der Waals surface area (Å²) in [7, 11) is 1.96. The Bertz CT molecular complexity index is 437. The van der Waals surface area contributed by atoms with Crippen molar-refractivity contribution in [2.24, 2.45) is 0 Å². The molecule has 66 valence electrons. The van der Waals surface area contributed by atoms with E-state index in [9.17, 15) is 0 Å². The topological polar surface area (TPSA) is 12.0 Å². The number of halogens is 1. The van der Waals surface area contributed by atoms with Crippen LogP contribution in [0.2, 0.25) is 0 Å². The zero-order valence-electron chi connectivity index (χ0n) is 7.34. The maximum Gasteiger partial charge on any atom is 0.0427 e. The van der Waals surface area contributed by atoms with Crippen LogP contribution >= 0.6 is 22.6 Å². The van der Waals surface area contributed by atoms with Crippen molar-refractivity contribution in [3.63, 3.8) is 0 Å². The minimum atomic E-state index is 1.20. The standard InChI is InChI=1S/C11H10IN/c1-13-11-7-9(12)6-8-4-2-3-5-10(8)11/h2-7,13H,1H3. The van der Waals surface area contributed by atoms with E-state index in [0.29, 0.717) is 0 Å². The van der Waals surface area contributed by atoms with Gasteiger partial charge in [-0.15, -0.1) is 0 Å². The molecular formula is C11H10IN. The Labute approximate surface area is 91.3 Å². The van der Waals surface area contributed by atoms with Crippen LogP contribution in [-0.4, -0.2) is 7.05 Å². The first-order chi connectivity index (χ1) is 6.31. The van der Waals surface area contributed by atoms with Crippen molar-refractivity contribution in [1.82, 2.24) is 0 Å². The lowest BCUT2D eigenvalue weighted by Gasteiger charge is -2.06. The smallest absolute Gasteiger partial charge is 0.0427 e. The van der Waals surface area contributed by atoms with E-state index in [0.717, 1.165) is 0 Å². The first kappa shape index (κ1) is 8.81. The lowest BCUT2D eigenvalue weighted by Crippen LogP contribution is -1.90. The van der Waals surface area contributed by atoms with Gasteiger partial charge in [0.15, 0.2) is 0 Å². The van der Waals surface area contributed by atoms with Crippen LogP contribution in [0.4, 0.5) is 5.69 Å². The summed E-state index contributed by atoms with van der Waals surface area (Å²) in [6, 6.07) is 12.8. The fourth-order valence-electron chi connectivity index (χ4n) is 1.48. The molecule has 0 saturated carbocycles. The third-order valence-electron chi connectivity index (χ3n) is 2.10. The Balaban J connectivity index is 2.81. The normalized spacial score (nSPS) is 10.3. The predicted octanol–water partition coefficient (Wildman–Crippen LogP) is 3.49. The van der Waals surface area contributed by atoms with Crippen molar-refractivity contribution >= 4 is 39.1 Å². The highest BCUT2D eigenvalue weighted by molar-refractivity contribution is 14.1. The van der Waals surface area contributed by atoms with Gasteiger partial charge >= 0.3 is 0 Å². The monoisotopic (exact) mass is 283 g/mol. The molecule has 0 radical (unpaired) electrons. The molecule has 0 aliphatic heterocycles. The van der Waals surface area contributed by atoms with Crippen molar-refractivity contribution in [3.8, 4) is 0 Å².